The first-order valence-corrected chi connectivity index (χ1v) is 10.2. The van der Waals surface area contributed by atoms with Crippen LogP contribution in [0.25, 0.3) is 0 Å². The van der Waals surface area contributed by atoms with Crippen molar-refractivity contribution in [3.63, 3.8) is 0 Å². The molecule has 0 unspecified atom stereocenters. The zero-order chi connectivity index (χ0) is 20.1. The van der Waals surface area contributed by atoms with Gasteiger partial charge in [-0.25, -0.2) is 13.2 Å². The van der Waals surface area contributed by atoms with Crippen LogP contribution in [-0.2, 0) is 9.84 Å². The largest absolute Gasteiger partial charge is 0.421 e. The van der Waals surface area contributed by atoms with Crippen LogP contribution < -0.4 is 4.74 Å². The van der Waals surface area contributed by atoms with Crippen molar-refractivity contribution in [2.75, 3.05) is 0 Å². The molecule has 5 nitrogen and oxygen atoms in total. The van der Waals surface area contributed by atoms with Crippen molar-refractivity contribution in [1.29, 1.82) is 0 Å². The lowest BCUT2D eigenvalue weighted by atomic mass is 10.0. The molecule has 0 amide bonds. The molecule has 0 bridgehead atoms. The highest BCUT2D eigenvalue weighted by atomic mass is 35.5. The van der Waals surface area contributed by atoms with Gasteiger partial charge < -0.3 is 4.74 Å². The number of carbonyl (C=O) groups is 2. The van der Waals surface area contributed by atoms with E-state index in [1.54, 1.807) is 30.3 Å². The van der Waals surface area contributed by atoms with E-state index < -0.39 is 21.6 Å². The first kappa shape index (κ1) is 18.4. The maximum Gasteiger partial charge on any atom is 0.343 e. The van der Waals surface area contributed by atoms with Crippen molar-refractivity contribution < 1.29 is 22.7 Å². The van der Waals surface area contributed by atoms with Crippen LogP contribution in [0.1, 0.15) is 31.8 Å². The third-order valence-corrected chi connectivity index (χ3v) is 6.63. The molecule has 3 aromatic rings. The molecule has 0 aliphatic carbocycles. The maximum atomic E-state index is 12.9. The summed E-state index contributed by atoms with van der Waals surface area (Å²) < 4.78 is 31.2. The average Bonchev–Trinajstić information content (AvgIpc) is 2.69. The summed E-state index contributed by atoms with van der Waals surface area (Å²) in [7, 11) is -3.93. The van der Waals surface area contributed by atoms with Crippen molar-refractivity contribution >= 4 is 33.2 Å². The molecule has 0 atom stereocenters. The van der Waals surface area contributed by atoms with Crippen LogP contribution in [0.4, 0.5) is 0 Å². The van der Waals surface area contributed by atoms with Gasteiger partial charge in [0.15, 0.2) is 5.78 Å². The van der Waals surface area contributed by atoms with Gasteiger partial charge in [0, 0.05) is 11.1 Å². The SMILES string of the molecule is Cc1ccc(Cl)c(OC(=O)c2ccc3c(c2)S(=O)(=O)c2ccccc2C3=O)c1. The van der Waals surface area contributed by atoms with Gasteiger partial charge in [-0.1, -0.05) is 29.8 Å². The quantitative estimate of drug-likeness (QED) is 0.363. The first-order chi connectivity index (χ1) is 13.3. The Morgan fingerprint density at radius 1 is 0.929 bits per heavy atom. The zero-order valence-corrected chi connectivity index (χ0v) is 16.2. The standard InChI is InChI=1S/C21H13ClO5S/c1-12-6-9-16(22)17(10-12)27-21(24)13-7-8-15-19(11-13)28(25,26)18-5-3-2-4-14(18)20(15)23/h2-11H,1H3. The average molecular weight is 413 g/mol. The van der Waals surface area contributed by atoms with Crippen LogP contribution in [0.2, 0.25) is 5.02 Å². The maximum absolute atomic E-state index is 12.9. The smallest absolute Gasteiger partial charge is 0.343 e. The van der Waals surface area contributed by atoms with E-state index in [9.17, 15) is 18.0 Å². The number of hydrogen-bond donors (Lipinski definition) is 0. The molecule has 0 spiro atoms. The molecule has 0 saturated heterocycles. The molecule has 0 saturated carbocycles. The summed E-state index contributed by atoms with van der Waals surface area (Å²) in [5, 5.41) is 0.258. The van der Waals surface area contributed by atoms with Gasteiger partial charge in [-0.15, -0.1) is 0 Å². The summed E-state index contributed by atoms with van der Waals surface area (Å²) >= 11 is 6.05. The molecule has 7 heteroatoms. The van der Waals surface area contributed by atoms with E-state index in [1.807, 2.05) is 6.92 Å². The van der Waals surface area contributed by atoms with Gasteiger partial charge in [0.2, 0.25) is 9.84 Å². The number of halogens is 1. The second kappa shape index (κ2) is 6.58. The molecule has 0 fully saturated rings. The van der Waals surface area contributed by atoms with E-state index in [0.717, 1.165) is 5.56 Å². The molecule has 1 aliphatic heterocycles. The highest BCUT2D eigenvalue weighted by molar-refractivity contribution is 7.91. The van der Waals surface area contributed by atoms with E-state index in [0.29, 0.717) is 0 Å². The van der Waals surface area contributed by atoms with Crippen LogP contribution in [0.15, 0.2) is 70.5 Å². The highest BCUT2D eigenvalue weighted by Gasteiger charge is 2.35. The summed E-state index contributed by atoms with van der Waals surface area (Å²) in [6, 6.07) is 14.9. The number of esters is 1. The van der Waals surface area contributed by atoms with Crippen molar-refractivity contribution in [3.8, 4) is 5.75 Å². The summed E-state index contributed by atoms with van der Waals surface area (Å²) in [6.45, 7) is 1.82. The highest BCUT2D eigenvalue weighted by Crippen LogP contribution is 2.35. The molecular weight excluding hydrogens is 400 g/mol. The monoisotopic (exact) mass is 412 g/mol. The van der Waals surface area contributed by atoms with Crippen molar-refractivity contribution in [1.82, 2.24) is 0 Å². The van der Waals surface area contributed by atoms with Crippen molar-refractivity contribution in [3.05, 3.63) is 87.9 Å². The van der Waals surface area contributed by atoms with E-state index >= 15 is 0 Å². The van der Waals surface area contributed by atoms with Gasteiger partial charge in [-0.2, -0.15) is 0 Å². The predicted molar refractivity (Wildman–Crippen MR) is 103 cm³/mol. The fourth-order valence-corrected chi connectivity index (χ4v) is 4.89. The van der Waals surface area contributed by atoms with Gasteiger partial charge in [0.25, 0.3) is 0 Å². The van der Waals surface area contributed by atoms with E-state index in [2.05, 4.69) is 0 Å². The Hall–Kier alpha value is -2.96. The minimum atomic E-state index is -3.93. The minimum absolute atomic E-state index is 0.00655. The lowest BCUT2D eigenvalue weighted by Crippen LogP contribution is -2.21. The Morgan fingerprint density at radius 3 is 2.43 bits per heavy atom. The molecule has 0 radical (unpaired) electrons. The molecule has 3 aromatic carbocycles. The van der Waals surface area contributed by atoms with Gasteiger partial charge in [0.1, 0.15) is 5.75 Å². The van der Waals surface area contributed by atoms with E-state index in [4.69, 9.17) is 16.3 Å². The number of rotatable bonds is 2. The van der Waals surface area contributed by atoms with E-state index in [-0.39, 0.29) is 37.3 Å². The van der Waals surface area contributed by atoms with Crippen LogP contribution in [0, 0.1) is 6.92 Å². The Kier molecular flexibility index (Phi) is 4.33. The number of ether oxygens (including phenoxy) is 1. The van der Waals surface area contributed by atoms with E-state index in [1.165, 1.54) is 30.3 Å². The number of fused-ring (bicyclic) bond motifs is 2. The van der Waals surface area contributed by atoms with Gasteiger partial charge in [0.05, 0.1) is 20.4 Å². The first-order valence-electron chi connectivity index (χ1n) is 8.30. The number of ketones is 1. The molecule has 4 rings (SSSR count). The number of sulfone groups is 1. The van der Waals surface area contributed by atoms with Crippen LogP contribution >= 0.6 is 11.6 Å². The molecule has 28 heavy (non-hydrogen) atoms. The molecular formula is C21H13ClO5S. The lowest BCUT2D eigenvalue weighted by molar-refractivity contribution is 0.0734. The minimum Gasteiger partial charge on any atom is -0.421 e. The van der Waals surface area contributed by atoms with Gasteiger partial charge in [-0.3, -0.25) is 4.79 Å². The zero-order valence-electron chi connectivity index (χ0n) is 14.6. The number of benzene rings is 3. The number of carbonyl (C=O) groups excluding carboxylic acids is 2. The lowest BCUT2D eigenvalue weighted by Gasteiger charge is -2.19. The number of hydrogen-bond acceptors (Lipinski definition) is 5. The Morgan fingerprint density at radius 2 is 1.64 bits per heavy atom. The molecule has 1 heterocycles. The molecule has 0 aromatic heterocycles. The van der Waals surface area contributed by atoms with Crippen molar-refractivity contribution in [2.24, 2.45) is 0 Å². The Labute approximate surface area is 166 Å². The third-order valence-electron chi connectivity index (χ3n) is 4.46. The fraction of sp³-hybridized carbons (Fsp3) is 0.0476. The third kappa shape index (κ3) is 2.91. The second-order valence-corrected chi connectivity index (χ2v) is 8.66. The Balaban J connectivity index is 1.77. The summed E-state index contributed by atoms with van der Waals surface area (Å²) in [5.74, 6) is -0.993. The summed E-state index contributed by atoms with van der Waals surface area (Å²) in [6.07, 6.45) is 0. The fourth-order valence-electron chi connectivity index (χ4n) is 3.06. The summed E-state index contributed by atoms with van der Waals surface area (Å²) in [5.41, 5.74) is 1.01. The van der Waals surface area contributed by atoms with Crippen LogP contribution in [0.5, 0.6) is 5.75 Å². The van der Waals surface area contributed by atoms with Crippen LogP contribution in [-0.4, -0.2) is 20.2 Å². The normalized spacial score (nSPS) is 14.1. The molecule has 1 aliphatic rings. The van der Waals surface area contributed by atoms with Crippen molar-refractivity contribution in [2.45, 2.75) is 16.7 Å². The second-order valence-electron chi connectivity index (χ2n) is 6.36. The Bertz CT molecular complexity index is 1260. The molecule has 0 N–H and O–H groups in total. The van der Waals surface area contributed by atoms with Gasteiger partial charge in [-0.05, 0) is 55.0 Å². The molecule has 140 valence electrons. The number of aryl methyl sites for hydroxylation is 1. The summed E-state index contributed by atoms with van der Waals surface area (Å²) in [4.78, 5) is 24.9. The predicted octanol–water partition coefficient (Wildman–Crippen LogP) is 4.24. The topological polar surface area (TPSA) is 77.5 Å². The van der Waals surface area contributed by atoms with Crippen LogP contribution in [0.3, 0.4) is 0 Å². The van der Waals surface area contributed by atoms with Gasteiger partial charge >= 0.3 is 5.97 Å².